The van der Waals surface area contributed by atoms with Crippen molar-refractivity contribution in [3.63, 3.8) is 0 Å². The number of rotatable bonds is 6. The molecule has 2 N–H and O–H groups in total. The number of benzene rings is 1. The standard InChI is InChI=1S/C14H21BrN2O/c1-11(6-5-9-16)14(18)17(2)10-12-7-3-4-8-13(12)15/h3-4,7-8,11H,5-6,9-10,16H2,1-2H3. The van der Waals surface area contributed by atoms with E-state index in [9.17, 15) is 4.79 Å². The molecule has 0 aliphatic heterocycles. The van der Waals surface area contributed by atoms with Crippen LogP contribution in [0.5, 0.6) is 0 Å². The Bertz CT molecular complexity index is 395. The lowest BCUT2D eigenvalue weighted by molar-refractivity contribution is -0.134. The van der Waals surface area contributed by atoms with Crippen LogP contribution in [0.1, 0.15) is 25.3 Å². The third-order valence-corrected chi connectivity index (χ3v) is 3.78. The summed E-state index contributed by atoms with van der Waals surface area (Å²) in [6.45, 7) is 3.24. The van der Waals surface area contributed by atoms with Gasteiger partial charge in [-0.2, -0.15) is 0 Å². The molecular formula is C14H21BrN2O. The molecular weight excluding hydrogens is 292 g/mol. The molecule has 1 aromatic carbocycles. The molecule has 0 saturated carbocycles. The highest BCUT2D eigenvalue weighted by Crippen LogP contribution is 2.18. The third kappa shape index (κ3) is 4.42. The molecule has 1 aromatic rings. The molecule has 0 aliphatic carbocycles. The van der Waals surface area contributed by atoms with E-state index in [-0.39, 0.29) is 11.8 Å². The molecule has 100 valence electrons. The monoisotopic (exact) mass is 312 g/mol. The normalized spacial score (nSPS) is 12.2. The number of nitrogens with zero attached hydrogens (tertiary/aromatic N) is 1. The van der Waals surface area contributed by atoms with Crippen LogP contribution < -0.4 is 5.73 Å². The molecule has 4 heteroatoms. The van der Waals surface area contributed by atoms with Gasteiger partial charge in [-0.25, -0.2) is 0 Å². The second kappa shape index (κ2) is 7.54. The highest BCUT2D eigenvalue weighted by molar-refractivity contribution is 9.10. The second-order valence-electron chi connectivity index (χ2n) is 4.62. The molecule has 0 aromatic heterocycles. The third-order valence-electron chi connectivity index (χ3n) is 3.00. The fraction of sp³-hybridized carbons (Fsp3) is 0.500. The first-order chi connectivity index (χ1) is 8.56. The second-order valence-corrected chi connectivity index (χ2v) is 5.47. The van der Waals surface area contributed by atoms with Crippen molar-refractivity contribution in [1.29, 1.82) is 0 Å². The molecule has 0 spiro atoms. The van der Waals surface area contributed by atoms with Gasteiger partial charge >= 0.3 is 0 Å². The zero-order chi connectivity index (χ0) is 13.5. The Hall–Kier alpha value is -0.870. The minimum Gasteiger partial charge on any atom is -0.341 e. The topological polar surface area (TPSA) is 46.3 Å². The van der Waals surface area contributed by atoms with Gasteiger partial charge in [0.1, 0.15) is 0 Å². The van der Waals surface area contributed by atoms with E-state index >= 15 is 0 Å². The maximum Gasteiger partial charge on any atom is 0.225 e. The summed E-state index contributed by atoms with van der Waals surface area (Å²) in [5.74, 6) is 0.222. The average molecular weight is 313 g/mol. The van der Waals surface area contributed by atoms with Crippen molar-refractivity contribution in [3.05, 3.63) is 34.3 Å². The number of hydrogen-bond donors (Lipinski definition) is 1. The largest absolute Gasteiger partial charge is 0.341 e. The Kier molecular flexibility index (Phi) is 6.36. The van der Waals surface area contributed by atoms with Gasteiger partial charge in [-0.05, 0) is 31.0 Å². The highest BCUT2D eigenvalue weighted by Gasteiger charge is 2.17. The van der Waals surface area contributed by atoms with Crippen molar-refractivity contribution >= 4 is 21.8 Å². The lowest BCUT2D eigenvalue weighted by Crippen LogP contribution is -2.31. The van der Waals surface area contributed by atoms with E-state index in [1.807, 2.05) is 38.2 Å². The van der Waals surface area contributed by atoms with E-state index in [1.54, 1.807) is 4.90 Å². The van der Waals surface area contributed by atoms with Gasteiger partial charge in [-0.1, -0.05) is 41.1 Å². The maximum absolute atomic E-state index is 12.1. The van der Waals surface area contributed by atoms with Gasteiger partial charge in [0.2, 0.25) is 5.91 Å². The summed E-state index contributed by atoms with van der Waals surface area (Å²) in [7, 11) is 1.85. The number of nitrogens with two attached hydrogens (primary N) is 1. The molecule has 0 bridgehead atoms. The van der Waals surface area contributed by atoms with E-state index in [0.717, 1.165) is 22.9 Å². The molecule has 0 heterocycles. The van der Waals surface area contributed by atoms with E-state index < -0.39 is 0 Å². The number of amides is 1. The Morgan fingerprint density at radius 2 is 2.11 bits per heavy atom. The SMILES string of the molecule is CC(CCCN)C(=O)N(C)Cc1ccccc1Br. The van der Waals surface area contributed by atoms with Gasteiger partial charge in [-0.15, -0.1) is 0 Å². The van der Waals surface area contributed by atoms with E-state index in [2.05, 4.69) is 15.9 Å². The van der Waals surface area contributed by atoms with Crippen LogP contribution in [0.25, 0.3) is 0 Å². The lowest BCUT2D eigenvalue weighted by Gasteiger charge is -2.22. The Labute approximate surface area is 117 Å². The van der Waals surface area contributed by atoms with Crippen molar-refractivity contribution in [2.24, 2.45) is 11.7 Å². The lowest BCUT2D eigenvalue weighted by atomic mass is 10.0. The molecule has 18 heavy (non-hydrogen) atoms. The van der Waals surface area contributed by atoms with Gasteiger partial charge < -0.3 is 10.6 Å². The predicted octanol–water partition coefficient (Wildman–Crippen LogP) is 2.78. The molecule has 1 amide bonds. The fourth-order valence-electron chi connectivity index (χ4n) is 1.88. The zero-order valence-corrected chi connectivity index (χ0v) is 12.6. The summed E-state index contributed by atoms with van der Waals surface area (Å²) in [5.41, 5.74) is 6.59. The fourth-order valence-corrected chi connectivity index (χ4v) is 2.29. The van der Waals surface area contributed by atoms with E-state index in [4.69, 9.17) is 5.73 Å². The molecule has 1 rings (SSSR count). The van der Waals surface area contributed by atoms with Crippen LogP contribution in [0.3, 0.4) is 0 Å². The van der Waals surface area contributed by atoms with Crippen LogP contribution in [0.4, 0.5) is 0 Å². The van der Waals surface area contributed by atoms with Gasteiger partial charge in [0, 0.05) is 24.0 Å². The van der Waals surface area contributed by atoms with Crippen molar-refractivity contribution in [2.75, 3.05) is 13.6 Å². The summed E-state index contributed by atoms with van der Waals surface area (Å²) in [5, 5.41) is 0. The van der Waals surface area contributed by atoms with Crippen molar-refractivity contribution in [2.45, 2.75) is 26.3 Å². The van der Waals surface area contributed by atoms with Gasteiger partial charge in [-0.3, -0.25) is 4.79 Å². The Balaban J connectivity index is 2.57. The van der Waals surface area contributed by atoms with Crippen LogP contribution in [0, 0.1) is 5.92 Å². The molecule has 0 radical (unpaired) electrons. The number of halogens is 1. The maximum atomic E-state index is 12.1. The van der Waals surface area contributed by atoms with Gasteiger partial charge in [0.25, 0.3) is 0 Å². The van der Waals surface area contributed by atoms with Crippen LogP contribution in [0.2, 0.25) is 0 Å². The zero-order valence-electron chi connectivity index (χ0n) is 11.0. The van der Waals surface area contributed by atoms with Crippen molar-refractivity contribution in [1.82, 2.24) is 4.90 Å². The molecule has 0 fully saturated rings. The quantitative estimate of drug-likeness (QED) is 0.878. The van der Waals surface area contributed by atoms with Gasteiger partial charge in [0.15, 0.2) is 0 Å². The minimum absolute atomic E-state index is 0.0426. The first-order valence-corrected chi connectivity index (χ1v) is 7.04. The van der Waals surface area contributed by atoms with Crippen LogP contribution in [0.15, 0.2) is 28.7 Å². The smallest absolute Gasteiger partial charge is 0.225 e. The summed E-state index contributed by atoms with van der Waals surface area (Å²) < 4.78 is 1.04. The molecule has 3 nitrogen and oxygen atoms in total. The molecule has 0 saturated heterocycles. The minimum atomic E-state index is 0.0426. The predicted molar refractivity (Wildman–Crippen MR) is 78.1 cm³/mol. The van der Waals surface area contributed by atoms with E-state index in [1.165, 1.54) is 0 Å². The molecule has 1 unspecified atom stereocenters. The molecule has 0 aliphatic rings. The van der Waals surface area contributed by atoms with Gasteiger partial charge in [0.05, 0.1) is 0 Å². The summed E-state index contributed by atoms with van der Waals surface area (Å²) in [6.07, 6.45) is 1.76. The molecule has 1 atom stereocenters. The van der Waals surface area contributed by atoms with Crippen molar-refractivity contribution in [3.8, 4) is 0 Å². The van der Waals surface area contributed by atoms with Crippen LogP contribution in [-0.4, -0.2) is 24.4 Å². The Morgan fingerprint density at radius 1 is 1.44 bits per heavy atom. The number of hydrogen-bond acceptors (Lipinski definition) is 2. The number of carbonyl (C=O) groups is 1. The highest BCUT2D eigenvalue weighted by atomic mass is 79.9. The van der Waals surface area contributed by atoms with Crippen LogP contribution >= 0.6 is 15.9 Å². The first-order valence-electron chi connectivity index (χ1n) is 6.24. The summed E-state index contributed by atoms with van der Waals surface area (Å²) >= 11 is 3.50. The Morgan fingerprint density at radius 3 is 2.72 bits per heavy atom. The number of carbonyl (C=O) groups excluding carboxylic acids is 1. The van der Waals surface area contributed by atoms with Crippen LogP contribution in [-0.2, 0) is 11.3 Å². The van der Waals surface area contributed by atoms with Crippen molar-refractivity contribution < 1.29 is 4.79 Å². The summed E-state index contributed by atoms with van der Waals surface area (Å²) in [6, 6.07) is 7.97. The first kappa shape index (κ1) is 15.2. The average Bonchev–Trinajstić information content (AvgIpc) is 2.37. The summed E-state index contributed by atoms with van der Waals surface area (Å²) in [4.78, 5) is 13.9. The van der Waals surface area contributed by atoms with E-state index in [0.29, 0.717) is 13.1 Å².